The van der Waals surface area contributed by atoms with E-state index in [1.807, 2.05) is 0 Å². The van der Waals surface area contributed by atoms with Gasteiger partial charge in [-0.15, -0.1) is 0 Å². The number of rotatable bonds is 7. The summed E-state index contributed by atoms with van der Waals surface area (Å²) in [7, 11) is 0. The number of nitrogens with one attached hydrogen (secondary N) is 1. The van der Waals surface area contributed by atoms with Gasteiger partial charge in [0.2, 0.25) is 0 Å². The van der Waals surface area contributed by atoms with E-state index in [1.54, 1.807) is 0 Å². The molecule has 1 rings (SSSR count). The highest BCUT2D eigenvalue weighted by atomic mass is 15.2. The molecule has 1 heterocycles. The third kappa shape index (κ3) is 4.84. The molecule has 2 unspecified atom stereocenters. The first kappa shape index (κ1) is 14.0. The molecule has 1 N–H and O–H groups in total. The van der Waals surface area contributed by atoms with Gasteiger partial charge < -0.3 is 5.32 Å². The molecule has 0 spiro atoms. The fourth-order valence-electron chi connectivity index (χ4n) is 2.57. The van der Waals surface area contributed by atoms with Crippen LogP contribution in [0, 0.1) is 5.92 Å². The maximum atomic E-state index is 3.45. The van der Waals surface area contributed by atoms with Crippen molar-refractivity contribution in [3.8, 4) is 0 Å². The minimum absolute atomic E-state index is 0.848. The zero-order valence-corrected chi connectivity index (χ0v) is 11.5. The summed E-state index contributed by atoms with van der Waals surface area (Å²) in [5.74, 6) is 0.905. The first-order valence-electron chi connectivity index (χ1n) is 7.22. The molecule has 1 fully saturated rings. The van der Waals surface area contributed by atoms with E-state index >= 15 is 0 Å². The summed E-state index contributed by atoms with van der Waals surface area (Å²) in [6, 6.07) is 0.848. The Hall–Kier alpha value is -0.0800. The minimum atomic E-state index is 0.848. The van der Waals surface area contributed by atoms with Crippen molar-refractivity contribution in [2.24, 2.45) is 5.92 Å². The van der Waals surface area contributed by atoms with Crippen LogP contribution in [-0.4, -0.2) is 37.1 Å². The summed E-state index contributed by atoms with van der Waals surface area (Å²) < 4.78 is 0. The van der Waals surface area contributed by atoms with Crippen LogP contribution in [0.5, 0.6) is 0 Å². The number of hydrogen-bond acceptors (Lipinski definition) is 2. The lowest BCUT2D eigenvalue weighted by Gasteiger charge is -2.35. The van der Waals surface area contributed by atoms with Crippen LogP contribution in [0.3, 0.4) is 0 Å². The normalized spacial score (nSPS) is 21.9. The molecule has 0 aromatic heterocycles. The van der Waals surface area contributed by atoms with Gasteiger partial charge in [-0.1, -0.05) is 33.6 Å². The monoisotopic (exact) mass is 226 g/mol. The summed E-state index contributed by atoms with van der Waals surface area (Å²) >= 11 is 0. The van der Waals surface area contributed by atoms with Gasteiger partial charge in [-0.3, -0.25) is 4.90 Å². The highest BCUT2D eigenvalue weighted by Crippen LogP contribution is 2.18. The lowest BCUT2D eigenvalue weighted by atomic mass is 9.96. The summed E-state index contributed by atoms with van der Waals surface area (Å²) in [6.07, 6.45) is 6.86. The lowest BCUT2D eigenvalue weighted by molar-refractivity contribution is 0.149. The van der Waals surface area contributed by atoms with E-state index in [0.29, 0.717) is 0 Å². The summed E-state index contributed by atoms with van der Waals surface area (Å²) in [4.78, 5) is 2.71. The highest BCUT2D eigenvalue weighted by Gasteiger charge is 2.19. The van der Waals surface area contributed by atoms with Crippen LogP contribution in [0.2, 0.25) is 0 Å². The van der Waals surface area contributed by atoms with Gasteiger partial charge in [0, 0.05) is 32.2 Å². The Labute approximate surface area is 102 Å². The molecule has 96 valence electrons. The van der Waals surface area contributed by atoms with Gasteiger partial charge in [0.15, 0.2) is 0 Å². The van der Waals surface area contributed by atoms with E-state index in [2.05, 4.69) is 31.0 Å². The zero-order chi connectivity index (χ0) is 11.8. The molecule has 0 radical (unpaired) electrons. The Morgan fingerprint density at radius 3 is 2.31 bits per heavy atom. The molecule has 0 aromatic carbocycles. The van der Waals surface area contributed by atoms with Gasteiger partial charge in [0.1, 0.15) is 0 Å². The van der Waals surface area contributed by atoms with Gasteiger partial charge in [-0.2, -0.15) is 0 Å². The Bertz CT molecular complexity index is 164. The molecule has 0 bridgehead atoms. The minimum Gasteiger partial charge on any atom is -0.314 e. The van der Waals surface area contributed by atoms with Crippen molar-refractivity contribution in [2.75, 3.05) is 26.2 Å². The van der Waals surface area contributed by atoms with Crippen LogP contribution in [0.25, 0.3) is 0 Å². The molecule has 2 heteroatoms. The Kier molecular flexibility index (Phi) is 7.06. The molecular weight excluding hydrogens is 196 g/mol. The zero-order valence-electron chi connectivity index (χ0n) is 11.5. The van der Waals surface area contributed by atoms with E-state index in [-0.39, 0.29) is 0 Å². The molecule has 16 heavy (non-hydrogen) atoms. The largest absolute Gasteiger partial charge is 0.314 e. The molecule has 0 saturated carbocycles. The van der Waals surface area contributed by atoms with Gasteiger partial charge in [-0.25, -0.2) is 0 Å². The average molecular weight is 226 g/mol. The van der Waals surface area contributed by atoms with Gasteiger partial charge in [0.05, 0.1) is 0 Å². The predicted molar refractivity (Wildman–Crippen MR) is 71.8 cm³/mol. The van der Waals surface area contributed by atoms with Crippen molar-refractivity contribution in [2.45, 2.75) is 58.9 Å². The van der Waals surface area contributed by atoms with Gasteiger partial charge in [-0.05, 0) is 25.2 Å². The SMILES string of the molecule is CCCC(CCC(C)CC)N1CCNCC1. The average Bonchev–Trinajstić information content (AvgIpc) is 2.35. The van der Waals surface area contributed by atoms with Crippen LogP contribution >= 0.6 is 0 Å². The van der Waals surface area contributed by atoms with Gasteiger partial charge in [0.25, 0.3) is 0 Å². The molecular formula is C14H30N2. The van der Waals surface area contributed by atoms with E-state index in [0.717, 1.165) is 12.0 Å². The van der Waals surface area contributed by atoms with Crippen molar-refractivity contribution >= 4 is 0 Å². The van der Waals surface area contributed by atoms with E-state index in [1.165, 1.54) is 58.3 Å². The van der Waals surface area contributed by atoms with Crippen molar-refractivity contribution in [3.05, 3.63) is 0 Å². The smallest absolute Gasteiger partial charge is 0.0110 e. The molecule has 0 aromatic rings. The number of piperazine rings is 1. The number of nitrogens with zero attached hydrogens (tertiary/aromatic N) is 1. The first-order chi connectivity index (χ1) is 7.77. The number of hydrogen-bond donors (Lipinski definition) is 1. The quantitative estimate of drug-likeness (QED) is 0.718. The van der Waals surface area contributed by atoms with Crippen LogP contribution in [-0.2, 0) is 0 Å². The standard InChI is InChI=1S/C14H30N2/c1-4-6-14(8-7-13(3)5-2)16-11-9-15-10-12-16/h13-15H,4-12H2,1-3H3. The Balaban J connectivity index is 2.33. The second-order valence-electron chi connectivity index (χ2n) is 5.32. The van der Waals surface area contributed by atoms with Crippen molar-refractivity contribution in [1.29, 1.82) is 0 Å². The Morgan fingerprint density at radius 2 is 1.75 bits per heavy atom. The molecule has 0 amide bonds. The fourth-order valence-corrected chi connectivity index (χ4v) is 2.57. The lowest BCUT2D eigenvalue weighted by Crippen LogP contribution is -2.48. The van der Waals surface area contributed by atoms with Gasteiger partial charge >= 0.3 is 0 Å². The second-order valence-corrected chi connectivity index (χ2v) is 5.32. The van der Waals surface area contributed by atoms with E-state index in [9.17, 15) is 0 Å². The molecule has 2 atom stereocenters. The van der Waals surface area contributed by atoms with Crippen molar-refractivity contribution in [3.63, 3.8) is 0 Å². The first-order valence-corrected chi connectivity index (χ1v) is 7.22. The highest BCUT2D eigenvalue weighted by molar-refractivity contribution is 4.77. The summed E-state index contributed by atoms with van der Waals surface area (Å²) in [5, 5.41) is 3.45. The predicted octanol–water partition coefficient (Wildman–Crippen LogP) is 2.89. The molecule has 1 aliphatic rings. The molecule has 1 saturated heterocycles. The van der Waals surface area contributed by atoms with Crippen LogP contribution in [0.4, 0.5) is 0 Å². The fraction of sp³-hybridized carbons (Fsp3) is 1.00. The molecule has 2 nitrogen and oxygen atoms in total. The van der Waals surface area contributed by atoms with Crippen LogP contribution in [0.15, 0.2) is 0 Å². The maximum absolute atomic E-state index is 3.45. The second kappa shape index (κ2) is 8.08. The summed E-state index contributed by atoms with van der Waals surface area (Å²) in [5.41, 5.74) is 0. The Morgan fingerprint density at radius 1 is 1.06 bits per heavy atom. The van der Waals surface area contributed by atoms with Crippen molar-refractivity contribution in [1.82, 2.24) is 10.2 Å². The van der Waals surface area contributed by atoms with E-state index < -0.39 is 0 Å². The van der Waals surface area contributed by atoms with Crippen molar-refractivity contribution < 1.29 is 0 Å². The maximum Gasteiger partial charge on any atom is 0.0110 e. The topological polar surface area (TPSA) is 15.3 Å². The third-order valence-corrected chi connectivity index (χ3v) is 3.98. The molecule has 0 aliphatic carbocycles. The third-order valence-electron chi connectivity index (χ3n) is 3.98. The van der Waals surface area contributed by atoms with Crippen LogP contribution in [0.1, 0.15) is 52.9 Å². The summed E-state index contributed by atoms with van der Waals surface area (Å²) in [6.45, 7) is 11.9. The molecule has 1 aliphatic heterocycles. The van der Waals surface area contributed by atoms with E-state index in [4.69, 9.17) is 0 Å². The van der Waals surface area contributed by atoms with Crippen LogP contribution < -0.4 is 5.32 Å².